The van der Waals surface area contributed by atoms with E-state index in [0.717, 1.165) is 49.8 Å². The van der Waals surface area contributed by atoms with Crippen LogP contribution in [0.15, 0.2) is 182 Å². The van der Waals surface area contributed by atoms with Crippen molar-refractivity contribution in [2.24, 2.45) is 0 Å². The summed E-state index contributed by atoms with van der Waals surface area (Å²) >= 11 is 3.77. The Kier molecular flexibility index (Phi) is 7.11. The minimum atomic E-state index is -2.10. The third-order valence-corrected chi connectivity index (χ3v) is 17.1. The van der Waals surface area contributed by atoms with Gasteiger partial charge in [0.15, 0.2) is 0 Å². The number of rotatable bonds is 5. The summed E-state index contributed by atoms with van der Waals surface area (Å²) in [5.74, 6) is 0. The van der Waals surface area contributed by atoms with Gasteiger partial charge in [0, 0.05) is 12.4 Å². The monoisotopic (exact) mass is 735 g/mol. The van der Waals surface area contributed by atoms with Crippen molar-refractivity contribution in [1.82, 2.24) is 14.4 Å². The van der Waals surface area contributed by atoms with Gasteiger partial charge in [0.05, 0.1) is 0 Å². The third kappa shape index (κ3) is 4.91. The molecule has 3 aromatic heterocycles. The van der Waals surface area contributed by atoms with Gasteiger partial charge in [-0.2, -0.15) is 0 Å². The van der Waals surface area contributed by atoms with Crippen molar-refractivity contribution in [1.29, 1.82) is 0 Å². The molecule has 240 valence electrons. The Balaban J connectivity index is 1.27. The summed E-state index contributed by atoms with van der Waals surface area (Å²) in [6.07, 6.45) is 3.72. The number of imidazole rings is 1. The van der Waals surface area contributed by atoms with E-state index in [1.165, 1.54) is 37.5 Å². The summed E-state index contributed by atoms with van der Waals surface area (Å²) in [5.41, 5.74) is 6.69. The minimum absolute atomic E-state index is 0.975. The standard InChI is InChI=1S/C46H30N3PSe/c51-50(37-13-3-1-4-14-37,38-15-5-2-6-16-38)39-22-23-40-41-26-33-10-7-8-11-34(33)27-42(41)46-48-43-24-21-35(28-45(43)49(46)44(40)29-39)31-17-19-32(20-18-31)36-12-9-25-47-30-36/h1-30H. The fourth-order valence-electron chi connectivity index (χ4n) is 7.57. The average molecular weight is 735 g/mol. The third-order valence-electron chi connectivity index (χ3n) is 10.1. The maximum atomic E-state index is 5.35. The van der Waals surface area contributed by atoms with Crippen LogP contribution >= 0.6 is 5.51 Å². The first kappa shape index (κ1) is 30.2. The SMILES string of the molecule is [Se]=P(c1ccccc1)(c1ccccc1)c1ccc2c3cc4ccccc4cc3c3nc4ccc(-c5ccc(-c6cccnc6)cc5)cc4n3c2c1. The van der Waals surface area contributed by atoms with E-state index in [1.807, 2.05) is 18.5 Å². The van der Waals surface area contributed by atoms with Crippen LogP contribution in [0.2, 0.25) is 0 Å². The first-order chi connectivity index (χ1) is 25.1. The van der Waals surface area contributed by atoms with E-state index < -0.39 is 5.51 Å². The van der Waals surface area contributed by atoms with Crippen molar-refractivity contribution in [3.05, 3.63) is 182 Å². The summed E-state index contributed by atoms with van der Waals surface area (Å²) in [6.45, 7) is 0. The summed E-state index contributed by atoms with van der Waals surface area (Å²) < 4.78 is 2.40. The molecule has 0 radical (unpaired) electrons. The van der Waals surface area contributed by atoms with Gasteiger partial charge in [0.1, 0.15) is 0 Å². The van der Waals surface area contributed by atoms with Gasteiger partial charge in [-0.15, -0.1) is 0 Å². The number of aromatic nitrogens is 3. The molecule has 0 unspecified atom stereocenters. The molecule has 7 aromatic carbocycles. The zero-order valence-corrected chi connectivity index (χ0v) is 30.1. The second-order valence-corrected chi connectivity index (χ2v) is 19.2. The summed E-state index contributed by atoms with van der Waals surface area (Å²) in [6, 6.07) is 61.8. The molecule has 51 heavy (non-hydrogen) atoms. The molecule has 0 N–H and O–H groups in total. The van der Waals surface area contributed by atoms with Crippen molar-refractivity contribution in [2.75, 3.05) is 0 Å². The van der Waals surface area contributed by atoms with E-state index in [-0.39, 0.29) is 0 Å². The van der Waals surface area contributed by atoms with E-state index >= 15 is 0 Å². The molecule has 5 heteroatoms. The van der Waals surface area contributed by atoms with Gasteiger partial charge in [-0.3, -0.25) is 4.98 Å². The molecule has 0 aliphatic heterocycles. The molecule has 10 aromatic rings. The Morgan fingerprint density at radius 3 is 1.75 bits per heavy atom. The van der Waals surface area contributed by atoms with Gasteiger partial charge in [0.25, 0.3) is 0 Å². The zero-order valence-electron chi connectivity index (χ0n) is 27.5. The average Bonchev–Trinajstić information content (AvgIpc) is 3.60. The van der Waals surface area contributed by atoms with E-state index in [4.69, 9.17) is 4.98 Å². The molecule has 0 atom stereocenters. The van der Waals surface area contributed by atoms with Gasteiger partial charge in [0.2, 0.25) is 0 Å². The van der Waals surface area contributed by atoms with Crippen LogP contribution in [-0.2, 0) is 0 Å². The molecule has 3 heterocycles. The summed E-state index contributed by atoms with van der Waals surface area (Å²) in [4.78, 5) is 9.66. The Morgan fingerprint density at radius 1 is 0.451 bits per heavy atom. The van der Waals surface area contributed by atoms with Crippen LogP contribution in [0, 0.1) is 0 Å². The topological polar surface area (TPSA) is 30.2 Å². The molecular formula is C46H30N3PSe. The number of fused-ring (bicyclic) bond motifs is 9. The van der Waals surface area contributed by atoms with Crippen LogP contribution < -0.4 is 15.9 Å². The normalized spacial score (nSPS) is 12.0. The Labute approximate surface area is 303 Å². The quantitative estimate of drug-likeness (QED) is 0.0763. The number of benzene rings is 7. The van der Waals surface area contributed by atoms with Crippen LogP contribution in [0.5, 0.6) is 0 Å². The van der Waals surface area contributed by atoms with Gasteiger partial charge < -0.3 is 0 Å². The Hall–Kier alpha value is -5.63. The predicted octanol–water partition coefficient (Wildman–Crippen LogP) is 10.1. The molecule has 0 spiro atoms. The summed E-state index contributed by atoms with van der Waals surface area (Å²) in [5, 5.41) is 9.94. The van der Waals surface area contributed by atoms with E-state index in [0.29, 0.717) is 0 Å². The molecule has 0 bridgehead atoms. The summed E-state index contributed by atoms with van der Waals surface area (Å²) in [7, 11) is 0. The van der Waals surface area contributed by atoms with Crippen molar-refractivity contribution < 1.29 is 0 Å². The van der Waals surface area contributed by atoms with E-state index in [9.17, 15) is 0 Å². The second-order valence-electron chi connectivity index (χ2n) is 13.0. The molecule has 0 aliphatic rings. The van der Waals surface area contributed by atoms with Crippen molar-refractivity contribution >= 4 is 85.6 Å². The van der Waals surface area contributed by atoms with Crippen molar-refractivity contribution in [3.8, 4) is 22.3 Å². The van der Waals surface area contributed by atoms with Crippen LogP contribution in [0.4, 0.5) is 0 Å². The Morgan fingerprint density at radius 2 is 1.08 bits per heavy atom. The number of hydrogen-bond acceptors (Lipinski definition) is 2. The van der Waals surface area contributed by atoms with E-state index in [2.05, 4.69) is 188 Å². The molecule has 0 amide bonds. The van der Waals surface area contributed by atoms with Gasteiger partial charge in [-0.25, -0.2) is 0 Å². The van der Waals surface area contributed by atoms with Gasteiger partial charge in [-0.1, -0.05) is 6.07 Å². The van der Waals surface area contributed by atoms with Crippen LogP contribution in [0.1, 0.15) is 0 Å². The molecule has 0 fully saturated rings. The molecule has 0 saturated heterocycles. The van der Waals surface area contributed by atoms with Gasteiger partial charge in [-0.05, 0) is 11.6 Å². The number of nitrogens with zero attached hydrogens (tertiary/aromatic N) is 3. The molecule has 10 rings (SSSR count). The van der Waals surface area contributed by atoms with Crippen LogP contribution in [-0.4, -0.2) is 29.5 Å². The molecule has 0 aliphatic carbocycles. The fraction of sp³-hybridized carbons (Fsp3) is 0. The maximum absolute atomic E-state index is 5.35. The Bertz CT molecular complexity index is 2930. The molecule has 3 nitrogen and oxygen atoms in total. The molecule has 0 saturated carbocycles. The fourth-order valence-corrected chi connectivity index (χ4v) is 12.5. The van der Waals surface area contributed by atoms with Gasteiger partial charge >= 0.3 is 269 Å². The molecular weight excluding hydrogens is 704 g/mol. The first-order valence-electron chi connectivity index (χ1n) is 17.1. The first-order valence-corrected chi connectivity index (χ1v) is 21.1. The number of pyridine rings is 2. The van der Waals surface area contributed by atoms with Crippen LogP contribution in [0.25, 0.3) is 71.4 Å². The number of hydrogen-bond donors (Lipinski definition) is 0. The second kappa shape index (κ2) is 12.0. The van der Waals surface area contributed by atoms with Crippen LogP contribution in [0.3, 0.4) is 0 Å². The zero-order chi connectivity index (χ0) is 33.9. The van der Waals surface area contributed by atoms with Crippen molar-refractivity contribution in [2.45, 2.75) is 0 Å². The van der Waals surface area contributed by atoms with E-state index in [1.54, 1.807) is 0 Å². The van der Waals surface area contributed by atoms with Crippen molar-refractivity contribution in [3.63, 3.8) is 0 Å². The predicted molar refractivity (Wildman–Crippen MR) is 218 cm³/mol.